The number of hydrogen-bond acceptors (Lipinski definition) is 3. The lowest BCUT2D eigenvalue weighted by Crippen LogP contribution is -2.41. The quantitative estimate of drug-likeness (QED) is 0.817. The molecule has 1 aromatic carbocycles. The van der Waals surface area contributed by atoms with Crippen molar-refractivity contribution in [3.63, 3.8) is 0 Å². The first-order valence-corrected chi connectivity index (χ1v) is 7.85. The molecule has 122 valence electrons. The van der Waals surface area contributed by atoms with Gasteiger partial charge >= 0.3 is 7.12 Å². The zero-order chi connectivity index (χ0) is 16.8. The van der Waals surface area contributed by atoms with Gasteiger partial charge in [0.05, 0.1) is 17.2 Å². The summed E-state index contributed by atoms with van der Waals surface area (Å²) in [6.07, 6.45) is 3.58. The first-order chi connectivity index (χ1) is 10.7. The van der Waals surface area contributed by atoms with E-state index in [0.717, 1.165) is 5.46 Å². The average Bonchev–Trinajstić information content (AvgIpc) is 3.02. The van der Waals surface area contributed by atoms with Gasteiger partial charge in [0.15, 0.2) is 0 Å². The molecule has 0 aliphatic carbocycles. The molecule has 1 aromatic heterocycles. The number of aromatic nitrogens is 2. The first-order valence-electron chi connectivity index (χ1n) is 7.85. The zero-order valence-corrected chi connectivity index (χ0v) is 14.2. The third kappa shape index (κ3) is 2.81. The first kappa shape index (κ1) is 16.2. The molecule has 4 nitrogen and oxygen atoms in total. The SMILES string of the molecule is CC(c1ccccc1F)n1cc(B2OC(C)(C)C(C)(C)O2)cn1. The molecule has 0 radical (unpaired) electrons. The van der Waals surface area contributed by atoms with E-state index >= 15 is 0 Å². The summed E-state index contributed by atoms with van der Waals surface area (Å²) in [6, 6.07) is 6.55. The van der Waals surface area contributed by atoms with Gasteiger partial charge in [-0.1, -0.05) is 18.2 Å². The van der Waals surface area contributed by atoms with Gasteiger partial charge in [0.2, 0.25) is 0 Å². The van der Waals surface area contributed by atoms with Crippen LogP contribution in [0.4, 0.5) is 4.39 Å². The average molecular weight is 316 g/mol. The van der Waals surface area contributed by atoms with Crippen molar-refractivity contribution in [3.8, 4) is 0 Å². The molecule has 23 heavy (non-hydrogen) atoms. The minimum Gasteiger partial charge on any atom is -0.399 e. The summed E-state index contributed by atoms with van der Waals surface area (Å²) in [7, 11) is -0.457. The van der Waals surface area contributed by atoms with Crippen molar-refractivity contribution >= 4 is 12.6 Å². The van der Waals surface area contributed by atoms with E-state index < -0.39 is 18.3 Å². The van der Waals surface area contributed by atoms with Gasteiger partial charge in [0.25, 0.3) is 0 Å². The number of hydrogen-bond donors (Lipinski definition) is 0. The van der Waals surface area contributed by atoms with Crippen LogP contribution in [0.15, 0.2) is 36.7 Å². The van der Waals surface area contributed by atoms with Crippen LogP contribution in [0.3, 0.4) is 0 Å². The summed E-state index contributed by atoms with van der Waals surface area (Å²) in [5.41, 5.74) is 0.663. The maximum absolute atomic E-state index is 13.9. The molecule has 0 bridgehead atoms. The Bertz CT molecular complexity index is 698. The lowest BCUT2D eigenvalue weighted by atomic mass is 9.82. The second-order valence-corrected chi connectivity index (χ2v) is 7.04. The molecule has 1 aliphatic heterocycles. The van der Waals surface area contributed by atoms with Crippen molar-refractivity contribution in [1.29, 1.82) is 0 Å². The lowest BCUT2D eigenvalue weighted by molar-refractivity contribution is 0.00578. The molecule has 1 saturated heterocycles. The Morgan fingerprint density at radius 1 is 1.13 bits per heavy atom. The number of rotatable bonds is 3. The summed E-state index contributed by atoms with van der Waals surface area (Å²) in [4.78, 5) is 0. The Balaban J connectivity index is 1.83. The predicted octanol–water partition coefficient (Wildman–Crippen LogP) is 2.93. The van der Waals surface area contributed by atoms with Crippen LogP contribution in [-0.2, 0) is 9.31 Å². The largest absolute Gasteiger partial charge is 0.498 e. The van der Waals surface area contributed by atoms with Crippen molar-refractivity contribution in [2.45, 2.75) is 51.9 Å². The number of benzene rings is 1. The van der Waals surface area contributed by atoms with Crippen LogP contribution in [0.25, 0.3) is 0 Å². The normalized spacial score (nSPS) is 20.7. The molecular formula is C17H22BFN2O2. The lowest BCUT2D eigenvalue weighted by Gasteiger charge is -2.32. The van der Waals surface area contributed by atoms with Gasteiger partial charge < -0.3 is 9.31 Å². The molecule has 6 heteroatoms. The van der Waals surface area contributed by atoms with Crippen LogP contribution in [0.2, 0.25) is 0 Å². The third-order valence-electron chi connectivity index (χ3n) is 4.90. The van der Waals surface area contributed by atoms with Gasteiger partial charge in [-0.2, -0.15) is 5.10 Å². The number of nitrogens with zero attached hydrogens (tertiary/aromatic N) is 2. The predicted molar refractivity (Wildman–Crippen MR) is 88.2 cm³/mol. The Morgan fingerprint density at radius 3 is 2.35 bits per heavy atom. The van der Waals surface area contributed by atoms with Gasteiger partial charge in [0.1, 0.15) is 5.82 Å². The van der Waals surface area contributed by atoms with E-state index in [1.165, 1.54) is 6.07 Å². The van der Waals surface area contributed by atoms with Crippen molar-refractivity contribution in [2.24, 2.45) is 0 Å². The van der Waals surface area contributed by atoms with E-state index in [2.05, 4.69) is 5.10 Å². The van der Waals surface area contributed by atoms with Gasteiger partial charge in [-0.25, -0.2) is 4.39 Å². The minimum atomic E-state index is -0.457. The van der Waals surface area contributed by atoms with Crippen molar-refractivity contribution in [1.82, 2.24) is 9.78 Å². The molecule has 0 spiro atoms. The molecule has 0 amide bonds. The minimum absolute atomic E-state index is 0.202. The highest BCUT2D eigenvalue weighted by Gasteiger charge is 2.52. The van der Waals surface area contributed by atoms with E-state index in [9.17, 15) is 4.39 Å². The molecule has 0 saturated carbocycles. The van der Waals surface area contributed by atoms with Crippen LogP contribution >= 0.6 is 0 Å². The Hall–Kier alpha value is -1.66. The number of halogens is 1. The Labute approximate surface area is 136 Å². The third-order valence-corrected chi connectivity index (χ3v) is 4.90. The summed E-state index contributed by atoms with van der Waals surface area (Å²) in [6.45, 7) is 9.97. The van der Waals surface area contributed by atoms with Crippen LogP contribution in [0.5, 0.6) is 0 Å². The second-order valence-electron chi connectivity index (χ2n) is 7.04. The molecule has 1 aliphatic rings. The zero-order valence-electron chi connectivity index (χ0n) is 14.2. The molecule has 2 aromatic rings. The maximum atomic E-state index is 13.9. The highest BCUT2D eigenvalue weighted by Crippen LogP contribution is 2.36. The monoisotopic (exact) mass is 316 g/mol. The van der Waals surface area contributed by atoms with Crippen molar-refractivity contribution in [3.05, 3.63) is 48.0 Å². The van der Waals surface area contributed by atoms with E-state index in [0.29, 0.717) is 5.56 Å². The van der Waals surface area contributed by atoms with Gasteiger partial charge in [0, 0.05) is 23.4 Å². The fourth-order valence-corrected chi connectivity index (χ4v) is 2.62. The van der Waals surface area contributed by atoms with Crippen LogP contribution in [0.1, 0.15) is 46.2 Å². The smallest absolute Gasteiger partial charge is 0.399 e. The van der Waals surface area contributed by atoms with E-state index in [-0.39, 0.29) is 11.9 Å². The van der Waals surface area contributed by atoms with E-state index in [1.807, 2.05) is 46.9 Å². The van der Waals surface area contributed by atoms with Gasteiger partial charge in [-0.05, 0) is 40.7 Å². The Kier molecular flexibility index (Phi) is 3.85. The van der Waals surface area contributed by atoms with Crippen LogP contribution in [-0.4, -0.2) is 28.1 Å². The standard InChI is InChI=1S/C17H22BFN2O2/c1-12(14-8-6-7-9-15(14)19)21-11-13(10-20-21)18-22-16(2,3)17(4,5)23-18/h6-12H,1-5H3. The molecule has 2 heterocycles. The van der Waals surface area contributed by atoms with Crippen LogP contribution in [0, 0.1) is 5.82 Å². The fourth-order valence-electron chi connectivity index (χ4n) is 2.62. The molecule has 1 unspecified atom stereocenters. The molecular weight excluding hydrogens is 294 g/mol. The van der Waals surface area contributed by atoms with Crippen molar-refractivity contribution < 1.29 is 13.7 Å². The van der Waals surface area contributed by atoms with Crippen molar-refractivity contribution in [2.75, 3.05) is 0 Å². The molecule has 1 atom stereocenters. The molecule has 1 fully saturated rings. The summed E-state index contributed by atoms with van der Waals surface area (Å²) >= 11 is 0. The fraction of sp³-hybridized carbons (Fsp3) is 0.471. The molecule has 0 N–H and O–H groups in total. The van der Waals surface area contributed by atoms with E-state index in [4.69, 9.17) is 9.31 Å². The maximum Gasteiger partial charge on any atom is 0.498 e. The second kappa shape index (κ2) is 5.46. The Morgan fingerprint density at radius 2 is 1.74 bits per heavy atom. The van der Waals surface area contributed by atoms with Crippen LogP contribution < -0.4 is 5.46 Å². The highest BCUT2D eigenvalue weighted by atomic mass is 19.1. The van der Waals surface area contributed by atoms with Gasteiger partial charge in [-0.3, -0.25) is 4.68 Å². The summed E-state index contributed by atoms with van der Waals surface area (Å²) in [5, 5.41) is 4.36. The molecule has 3 rings (SSSR count). The highest BCUT2D eigenvalue weighted by molar-refractivity contribution is 6.62. The van der Waals surface area contributed by atoms with Gasteiger partial charge in [-0.15, -0.1) is 0 Å². The van der Waals surface area contributed by atoms with E-state index in [1.54, 1.807) is 23.0 Å². The topological polar surface area (TPSA) is 36.3 Å². The summed E-state index contributed by atoms with van der Waals surface area (Å²) < 4.78 is 27.7. The summed E-state index contributed by atoms with van der Waals surface area (Å²) in [5.74, 6) is -0.229.